The SMILES string of the molecule is Fc1ccccc1-n1c(Cc2ccccc2)n[nH]c1=S. The minimum atomic E-state index is -0.320. The van der Waals surface area contributed by atoms with Gasteiger partial charge in [0.15, 0.2) is 4.77 Å². The van der Waals surface area contributed by atoms with Gasteiger partial charge in [-0.25, -0.2) is 4.39 Å². The van der Waals surface area contributed by atoms with Crippen molar-refractivity contribution in [2.24, 2.45) is 0 Å². The third-order valence-electron chi connectivity index (χ3n) is 3.04. The zero-order valence-corrected chi connectivity index (χ0v) is 11.4. The van der Waals surface area contributed by atoms with Crippen molar-refractivity contribution in [1.82, 2.24) is 14.8 Å². The Hall–Kier alpha value is -2.27. The highest BCUT2D eigenvalue weighted by Gasteiger charge is 2.12. The average molecular weight is 285 g/mol. The van der Waals surface area contributed by atoms with Gasteiger partial charge in [-0.2, -0.15) is 5.10 Å². The first-order valence-electron chi connectivity index (χ1n) is 6.21. The lowest BCUT2D eigenvalue weighted by Crippen LogP contribution is -2.04. The Morgan fingerprint density at radius 1 is 1.05 bits per heavy atom. The molecule has 0 atom stereocenters. The maximum atomic E-state index is 13.9. The van der Waals surface area contributed by atoms with Gasteiger partial charge in [-0.15, -0.1) is 0 Å². The van der Waals surface area contributed by atoms with Crippen molar-refractivity contribution in [1.29, 1.82) is 0 Å². The van der Waals surface area contributed by atoms with E-state index in [1.807, 2.05) is 30.3 Å². The lowest BCUT2D eigenvalue weighted by molar-refractivity contribution is 0.615. The van der Waals surface area contributed by atoms with E-state index in [-0.39, 0.29) is 5.82 Å². The van der Waals surface area contributed by atoms with Crippen molar-refractivity contribution < 1.29 is 4.39 Å². The lowest BCUT2D eigenvalue weighted by Gasteiger charge is -2.07. The number of nitrogens with one attached hydrogen (secondary N) is 1. The summed E-state index contributed by atoms with van der Waals surface area (Å²) < 4.78 is 16.0. The van der Waals surface area contributed by atoms with E-state index in [1.54, 1.807) is 22.8 Å². The summed E-state index contributed by atoms with van der Waals surface area (Å²) in [6.45, 7) is 0. The topological polar surface area (TPSA) is 33.6 Å². The van der Waals surface area contributed by atoms with Crippen molar-refractivity contribution >= 4 is 12.2 Å². The van der Waals surface area contributed by atoms with E-state index in [0.29, 0.717) is 22.7 Å². The maximum Gasteiger partial charge on any atom is 0.199 e. The number of H-pyrrole nitrogens is 1. The number of nitrogens with zero attached hydrogens (tertiary/aromatic N) is 2. The number of hydrogen-bond acceptors (Lipinski definition) is 2. The predicted octanol–water partition coefficient (Wildman–Crippen LogP) is 3.66. The molecule has 5 heteroatoms. The molecule has 0 aliphatic rings. The fraction of sp³-hybridized carbons (Fsp3) is 0.0667. The van der Waals surface area contributed by atoms with Crippen molar-refractivity contribution in [3.63, 3.8) is 0 Å². The van der Waals surface area contributed by atoms with Gasteiger partial charge < -0.3 is 0 Å². The van der Waals surface area contributed by atoms with E-state index >= 15 is 0 Å². The van der Waals surface area contributed by atoms with Gasteiger partial charge in [0, 0.05) is 6.42 Å². The number of rotatable bonds is 3. The molecular formula is C15H12FN3S. The zero-order chi connectivity index (χ0) is 13.9. The Labute approximate surface area is 120 Å². The molecule has 20 heavy (non-hydrogen) atoms. The fourth-order valence-electron chi connectivity index (χ4n) is 2.11. The second-order valence-corrected chi connectivity index (χ2v) is 4.78. The lowest BCUT2D eigenvalue weighted by atomic mass is 10.1. The van der Waals surface area contributed by atoms with Gasteiger partial charge in [0.1, 0.15) is 11.6 Å². The summed E-state index contributed by atoms with van der Waals surface area (Å²) in [6, 6.07) is 16.4. The summed E-state index contributed by atoms with van der Waals surface area (Å²) in [5, 5.41) is 6.94. The van der Waals surface area contributed by atoms with Crippen LogP contribution in [-0.2, 0) is 6.42 Å². The van der Waals surface area contributed by atoms with E-state index in [0.717, 1.165) is 5.56 Å². The van der Waals surface area contributed by atoms with Crippen LogP contribution in [-0.4, -0.2) is 14.8 Å². The molecule has 0 bridgehead atoms. The third kappa shape index (κ3) is 2.40. The number of aromatic amines is 1. The molecule has 0 unspecified atom stereocenters. The Morgan fingerprint density at radius 2 is 1.75 bits per heavy atom. The molecule has 1 N–H and O–H groups in total. The molecule has 3 rings (SSSR count). The monoisotopic (exact) mass is 285 g/mol. The largest absolute Gasteiger partial charge is 0.269 e. The smallest absolute Gasteiger partial charge is 0.199 e. The van der Waals surface area contributed by atoms with E-state index in [1.165, 1.54) is 6.07 Å². The van der Waals surface area contributed by atoms with Crippen LogP contribution < -0.4 is 0 Å². The molecule has 0 amide bonds. The number of hydrogen-bond donors (Lipinski definition) is 1. The minimum absolute atomic E-state index is 0.320. The van der Waals surface area contributed by atoms with E-state index in [2.05, 4.69) is 10.2 Å². The maximum absolute atomic E-state index is 13.9. The van der Waals surface area contributed by atoms with Crippen LogP contribution in [0.3, 0.4) is 0 Å². The molecule has 1 aromatic heterocycles. The van der Waals surface area contributed by atoms with E-state index in [9.17, 15) is 4.39 Å². The second kappa shape index (κ2) is 5.38. The van der Waals surface area contributed by atoms with Gasteiger partial charge in [0.05, 0.1) is 5.69 Å². The Kier molecular flexibility index (Phi) is 3.43. The van der Waals surface area contributed by atoms with Crippen molar-refractivity contribution in [2.75, 3.05) is 0 Å². The molecular weight excluding hydrogens is 273 g/mol. The first kappa shape index (κ1) is 12.7. The number of aromatic nitrogens is 3. The predicted molar refractivity (Wildman–Crippen MR) is 78.0 cm³/mol. The molecule has 0 saturated heterocycles. The summed E-state index contributed by atoms with van der Waals surface area (Å²) in [7, 11) is 0. The normalized spacial score (nSPS) is 10.7. The summed E-state index contributed by atoms with van der Waals surface area (Å²) in [4.78, 5) is 0. The Balaban J connectivity index is 2.07. The van der Waals surface area contributed by atoms with Crippen LogP contribution in [0.25, 0.3) is 5.69 Å². The van der Waals surface area contributed by atoms with Crippen LogP contribution in [0.1, 0.15) is 11.4 Å². The van der Waals surface area contributed by atoms with Crippen LogP contribution in [0.15, 0.2) is 54.6 Å². The van der Waals surface area contributed by atoms with Crippen LogP contribution in [0.2, 0.25) is 0 Å². The second-order valence-electron chi connectivity index (χ2n) is 4.39. The molecule has 0 saturated carbocycles. The van der Waals surface area contributed by atoms with Gasteiger partial charge >= 0.3 is 0 Å². The molecule has 2 aromatic carbocycles. The summed E-state index contributed by atoms with van der Waals surface area (Å²) >= 11 is 5.21. The molecule has 3 nitrogen and oxygen atoms in total. The molecule has 0 aliphatic carbocycles. The van der Waals surface area contributed by atoms with Gasteiger partial charge in [0.2, 0.25) is 0 Å². The highest BCUT2D eigenvalue weighted by Crippen LogP contribution is 2.17. The number of benzene rings is 2. The summed E-state index contributed by atoms with van der Waals surface area (Å²) in [5.74, 6) is 0.366. The van der Waals surface area contributed by atoms with Gasteiger partial charge in [-0.05, 0) is 29.9 Å². The van der Waals surface area contributed by atoms with Crippen LogP contribution in [0, 0.1) is 10.6 Å². The number of halogens is 1. The summed E-state index contributed by atoms with van der Waals surface area (Å²) in [6.07, 6.45) is 0.586. The zero-order valence-electron chi connectivity index (χ0n) is 10.6. The van der Waals surface area contributed by atoms with Crippen LogP contribution in [0.5, 0.6) is 0 Å². The van der Waals surface area contributed by atoms with Gasteiger partial charge in [0.25, 0.3) is 0 Å². The molecule has 1 heterocycles. The summed E-state index contributed by atoms with van der Waals surface area (Å²) in [5.41, 5.74) is 1.51. The average Bonchev–Trinajstić information content (AvgIpc) is 2.82. The highest BCUT2D eigenvalue weighted by atomic mass is 32.1. The molecule has 0 spiro atoms. The first-order valence-corrected chi connectivity index (χ1v) is 6.61. The van der Waals surface area contributed by atoms with Crippen LogP contribution >= 0.6 is 12.2 Å². The van der Waals surface area contributed by atoms with E-state index < -0.39 is 0 Å². The molecule has 3 aromatic rings. The minimum Gasteiger partial charge on any atom is -0.269 e. The highest BCUT2D eigenvalue weighted by molar-refractivity contribution is 7.71. The quantitative estimate of drug-likeness (QED) is 0.745. The molecule has 0 fully saturated rings. The number of para-hydroxylation sites is 1. The Morgan fingerprint density at radius 3 is 2.50 bits per heavy atom. The van der Waals surface area contributed by atoms with Crippen LogP contribution in [0.4, 0.5) is 4.39 Å². The van der Waals surface area contributed by atoms with Gasteiger partial charge in [-0.1, -0.05) is 42.5 Å². The Bertz CT molecular complexity index is 777. The first-order chi connectivity index (χ1) is 9.75. The standard InChI is InChI=1S/C15H12FN3S/c16-12-8-4-5-9-13(12)19-14(17-18-15(19)20)10-11-6-2-1-3-7-11/h1-9H,10H2,(H,18,20). The third-order valence-corrected chi connectivity index (χ3v) is 3.31. The van der Waals surface area contributed by atoms with E-state index in [4.69, 9.17) is 12.2 Å². The van der Waals surface area contributed by atoms with Crippen molar-refractivity contribution in [3.8, 4) is 5.69 Å². The van der Waals surface area contributed by atoms with Crippen molar-refractivity contribution in [3.05, 3.63) is 76.6 Å². The molecule has 100 valence electrons. The van der Waals surface area contributed by atoms with Crippen molar-refractivity contribution in [2.45, 2.75) is 6.42 Å². The molecule has 0 aliphatic heterocycles. The van der Waals surface area contributed by atoms with Gasteiger partial charge in [-0.3, -0.25) is 9.67 Å². The fourth-order valence-corrected chi connectivity index (χ4v) is 2.36. The molecule has 0 radical (unpaired) electrons.